The van der Waals surface area contributed by atoms with Crippen LogP contribution in [0.4, 0.5) is 10.5 Å². The summed E-state index contributed by atoms with van der Waals surface area (Å²) in [6.45, 7) is 3.70. The lowest BCUT2D eigenvalue weighted by Crippen LogP contribution is -2.35. The van der Waals surface area contributed by atoms with Crippen molar-refractivity contribution < 1.29 is 14.7 Å². The first kappa shape index (κ1) is 14.3. The Morgan fingerprint density at radius 1 is 1.15 bits per heavy atom. The molecular formula is C14H19N3O3. The summed E-state index contributed by atoms with van der Waals surface area (Å²) in [4.78, 5) is 24.7. The van der Waals surface area contributed by atoms with Crippen LogP contribution in [0.15, 0.2) is 24.3 Å². The topological polar surface area (TPSA) is 81.7 Å². The lowest BCUT2D eigenvalue weighted by molar-refractivity contribution is 0.0697. The van der Waals surface area contributed by atoms with E-state index in [9.17, 15) is 9.59 Å². The van der Waals surface area contributed by atoms with Crippen molar-refractivity contribution in [2.24, 2.45) is 0 Å². The van der Waals surface area contributed by atoms with Crippen molar-refractivity contribution in [1.82, 2.24) is 10.2 Å². The van der Waals surface area contributed by atoms with Gasteiger partial charge in [-0.05, 0) is 50.2 Å². The molecule has 1 aliphatic rings. The normalized spacial score (nSPS) is 15.0. The SMILES string of the molecule is O=C(NCCN1CCCC1)Nc1ccc(C(=O)O)cc1. The van der Waals surface area contributed by atoms with Gasteiger partial charge in [0.2, 0.25) is 0 Å². The highest BCUT2D eigenvalue weighted by Gasteiger charge is 2.11. The molecule has 0 spiro atoms. The molecule has 1 heterocycles. The zero-order valence-electron chi connectivity index (χ0n) is 11.3. The fourth-order valence-electron chi connectivity index (χ4n) is 2.21. The Morgan fingerprint density at radius 2 is 1.80 bits per heavy atom. The minimum absolute atomic E-state index is 0.199. The summed E-state index contributed by atoms with van der Waals surface area (Å²) in [5.41, 5.74) is 0.777. The number of carbonyl (C=O) groups is 2. The third kappa shape index (κ3) is 4.24. The van der Waals surface area contributed by atoms with Crippen molar-refractivity contribution in [3.8, 4) is 0 Å². The van der Waals surface area contributed by atoms with E-state index in [1.54, 1.807) is 12.1 Å². The summed E-state index contributed by atoms with van der Waals surface area (Å²) >= 11 is 0. The molecule has 0 aromatic heterocycles. The Balaban J connectivity index is 1.71. The first-order valence-corrected chi connectivity index (χ1v) is 6.76. The number of nitrogens with one attached hydrogen (secondary N) is 2. The number of hydrogen-bond acceptors (Lipinski definition) is 3. The van der Waals surface area contributed by atoms with E-state index in [2.05, 4.69) is 15.5 Å². The number of likely N-dealkylation sites (tertiary alicyclic amines) is 1. The molecule has 0 aliphatic carbocycles. The third-order valence-electron chi connectivity index (χ3n) is 3.30. The van der Waals surface area contributed by atoms with Gasteiger partial charge in [0.15, 0.2) is 0 Å². The van der Waals surface area contributed by atoms with Gasteiger partial charge in [-0.3, -0.25) is 0 Å². The van der Waals surface area contributed by atoms with Crippen LogP contribution in [0.2, 0.25) is 0 Å². The molecule has 20 heavy (non-hydrogen) atoms. The maximum atomic E-state index is 11.6. The second kappa shape index (κ2) is 6.91. The van der Waals surface area contributed by atoms with Crippen molar-refractivity contribution in [3.63, 3.8) is 0 Å². The number of carboxylic acids is 1. The minimum Gasteiger partial charge on any atom is -0.478 e. The first-order chi connectivity index (χ1) is 9.65. The summed E-state index contributed by atoms with van der Waals surface area (Å²) in [7, 11) is 0. The average molecular weight is 277 g/mol. The summed E-state index contributed by atoms with van der Waals surface area (Å²) in [5.74, 6) is -0.980. The Kier molecular flexibility index (Phi) is 4.95. The van der Waals surface area contributed by atoms with Gasteiger partial charge in [0.1, 0.15) is 0 Å². The minimum atomic E-state index is -0.980. The van der Waals surface area contributed by atoms with Crippen molar-refractivity contribution in [3.05, 3.63) is 29.8 Å². The lowest BCUT2D eigenvalue weighted by Gasteiger charge is -2.15. The van der Waals surface area contributed by atoms with E-state index in [0.29, 0.717) is 12.2 Å². The number of carboxylic acid groups (broad SMARTS) is 1. The molecule has 0 unspecified atom stereocenters. The Bertz CT molecular complexity index is 467. The van der Waals surface area contributed by atoms with Crippen LogP contribution in [0.25, 0.3) is 0 Å². The van der Waals surface area contributed by atoms with Gasteiger partial charge in [0.25, 0.3) is 0 Å². The molecule has 1 aliphatic heterocycles. The van der Waals surface area contributed by atoms with Crippen molar-refractivity contribution in [2.45, 2.75) is 12.8 Å². The quantitative estimate of drug-likeness (QED) is 0.763. The predicted molar refractivity (Wildman–Crippen MR) is 76.1 cm³/mol. The lowest BCUT2D eigenvalue weighted by atomic mass is 10.2. The van der Waals surface area contributed by atoms with E-state index >= 15 is 0 Å². The summed E-state index contributed by atoms with van der Waals surface area (Å²) in [5, 5.41) is 14.2. The van der Waals surface area contributed by atoms with Crippen LogP contribution in [0.3, 0.4) is 0 Å². The maximum absolute atomic E-state index is 11.6. The molecule has 1 fully saturated rings. The molecule has 0 atom stereocenters. The van der Waals surface area contributed by atoms with E-state index < -0.39 is 5.97 Å². The molecule has 1 saturated heterocycles. The molecule has 0 saturated carbocycles. The first-order valence-electron chi connectivity index (χ1n) is 6.76. The summed E-state index contributed by atoms with van der Waals surface area (Å²) in [6.07, 6.45) is 2.48. The van der Waals surface area contributed by atoms with Crippen molar-refractivity contribution >= 4 is 17.7 Å². The molecule has 6 heteroatoms. The fourth-order valence-corrected chi connectivity index (χ4v) is 2.21. The molecule has 3 N–H and O–H groups in total. The van der Waals surface area contributed by atoms with Gasteiger partial charge in [-0.2, -0.15) is 0 Å². The largest absolute Gasteiger partial charge is 0.478 e. The molecule has 2 rings (SSSR count). The zero-order valence-corrected chi connectivity index (χ0v) is 11.3. The number of benzene rings is 1. The van der Waals surface area contributed by atoms with E-state index in [4.69, 9.17) is 5.11 Å². The summed E-state index contributed by atoms with van der Waals surface area (Å²) in [6, 6.07) is 5.80. The van der Waals surface area contributed by atoms with Crippen molar-refractivity contribution in [2.75, 3.05) is 31.5 Å². The van der Waals surface area contributed by atoms with Gasteiger partial charge in [-0.15, -0.1) is 0 Å². The zero-order chi connectivity index (χ0) is 14.4. The van der Waals surface area contributed by atoms with Crippen LogP contribution in [-0.4, -0.2) is 48.2 Å². The van der Waals surface area contributed by atoms with Gasteiger partial charge in [0, 0.05) is 18.8 Å². The van der Waals surface area contributed by atoms with E-state index in [1.165, 1.54) is 25.0 Å². The third-order valence-corrected chi connectivity index (χ3v) is 3.30. The Hall–Kier alpha value is -2.08. The standard InChI is InChI=1S/C14H19N3O3/c18-13(19)11-3-5-12(6-4-11)16-14(20)15-7-10-17-8-1-2-9-17/h3-6H,1-2,7-10H2,(H,18,19)(H2,15,16,20). The van der Waals surface area contributed by atoms with Crippen LogP contribution in [-0.2, 0) is 0 Å². The van der Waals surface area contributed by atoms with E-state index in [-0.39, 0.29) is 11.6 Å². The van der Waals surface area contributed by atoms with Crippen LogP contribution < -0.4 is 10.6 Å². The van der Waals surface area contributed by atoms with Crippen LogP contribution in [0.1, 0.15) is 23.2 Å². The number of aromatic carboxylic acids is 1. The van der Waals surface area contributed by atoms with Gasteiger partial charge < -0.3 is 20.6 Å². The number of amides is 2. The monoisotopic (exact) mass is 277 g/mol. The molecule has 2 amide bonds. The van der Waals surface area contributed by atoms with Crippen LogP contribution in [0, 0.1) is 0 Å². The highest BCUT2D eigenvalue weighted by molar-refractivity contribution is 5.91. The van der Waals surface area contributed by atoms with E-state index in [1.807, 2.05) is 0 Å². The summed E-state index contributed by atoms with van der Waals surface area (Å²) < 4.78 is 0. The number of carbonyl (C=O) groups excluding carboxylic acids is 1. The van der Waals surface area contributed by atoms with Crippen LogP contribution >= 0.6 is 0 Å². The fraction of sp³-hybridized carbons (Fsp3) is 0.429. The second-order valence-electron chi connectivity index (χ2n) is 4.81. The van der Waals surface area contributed by atoms with Gasteiger partial charge in [-0.25, -0.2) is 9.59 Å². The van der Waals surface area contributed by atoms with Crippen LogP contribution in [0.5, 0.6) is 0 Å². The van der Waals surface area contributed by atoms with E-state index in [0.717, 1.165) is 19.6 Å². The second-order valence-corrected chi connectivity index (χ2v) is 4.81. The number of nitrogens with zero attached hydrogens (tertiary/aromatic N) is 1. The predicted octanol–water partition coefficient (Wildman–Crippen LogP) is 1.60. The Morgan fingerprint density at radius 3 is 2.40 bits per heavy atom. The van der Waals surface area contributed by atoms with Gasteiger partial charge >= 0.3 is 12.0 Å². The number of anilines is 1. The van der Waals surface area contributed by atoms with Gasteiger partial charge in [0.05, 0.1) is 5.56 Å². The maximum Gasteiger partial charge on any atom is 0.335 e. The highest BCUT2D eigenvalue weighted by atomic mass is 16.4. The average Bonchev–Trinajstić information content (AvgIpc) is 2.92. The number of rotatable bonds is 5. The molecule has 0 bridgehead atoms. The highest BCUT2D eigenvalue weighted by Crippen LogP contribution is 2.09. The molecule has 6 nitrogen and oxygen atoms in total. The molecular weight excluding hydrogens is 258 g/mol. The molecule has 1 aromatic carbocycles. The smallest absolute Gasteiger partial charge is 0.335 e. The van der Waals surface area contributed by atoms with Crippen molar-refractivity contribution in [1.29, 1.82) is 0 Å². The molecule has 108 valence electrons. The van der Waals surface area contributed by atoms with Gasteiger partial charge in [-0.1, -0.05) is 0 Å². The molecule has 1 aromatic rings. The Labute approximate surface area is 117 Å². The number of hydrogen-bond donors (Lipinski definition) is 3. The molecule has 0 radical (unpaired) electrons. The number of urea groups is 1.